The first kappa shape index (κ1) is 23.0. The fourth-order valence-corrected chi connectivity index (χ4v) is 6.26. The molecule has 0 spiro atoms. The van der Waals surface area contributed by atoms with Crippen molar-refractivity contribution in [3.63, 3.8) is 0 Å². The summed E-state index contributed by atoms with van der Waals surface area (Å²) in [6.07, 6.45) is 20.7. The molecule has 0 aliphatic carbocycles. The second kappa shape index (κ2) is 16.1. The minimum Gasteiger partial charge on any atom is -1.00 e. The number of rotatable bonds is 14. The van der Waals surface area contributed by atoms with E-state index in [4.69, 9.17) is 0 Å². The number of hydrogen-bond acceptors (Lipinski definition) is 0. The quantitative estimate of drug-likeness (QED) is 0.335. The van der Waals surface area contributed by atoms with Crippen LogP contribution in [0.25, 0.3) is 0 Å². The maximum atomic E-state index is 2.43. The van der Waals surface area contributed by atoms with Crippen molar-refractivity contribution in [3.05, 3.63) is 0 Å². The zero-order chi connectivity index (χ0) is 14.4. The van der Waals surface area contributed by atoms with Gasteiger partial charge in [0.15, 0.2) is 0 Å². The van der Waals surface area contributed by atoms with Crippen molar-refractivity contribution in [1.82, 2.24) is 0 Å². The summed E-state index contributed by atoms with van der Waals surface area (Å²) in [6, 6.07) is 0. The smallest absolute Gasteiger partial charge is 0.0594 e. The molecule has 0 amide bonds. The van der Waals surface area contributed by atoms with E-state index >= 15 is 0 Å². The molecule has 0 saturated heterocycles. The molecule has 0 aliphatic heterocycles. The molecule has 124 valence electrons. The molecule has 0 nitrogen and oxygen atoms in total. The molecule has 0 atom stereocenters. The average molecular weight is 323 g/mol. The fraction of sp³-hybridized carbons (Fsp3) is 1.00. The van der Waals surface area contributed by atoms with Crippen LogP contribution in [0.3, 0.4) is 0 Å². The molecule has 0 radical (unpaired) electrons. The van der Waals surface area contributed by atoms with Crippen LogP contribution in [0.5, 0.6) is 0 Å². The molecule has 0 heterocycles. The lowest BCUT2D eigenvalue weighted by Crippen LogP contribution is -3.00. The van der Waals surface area contributed by atoms with Crippen LogP contribution >= 0.6 is 7.26 Å². The highest BCUT2D eigenvalue weighted by Gasteiger charge is 2.29. The largest absolute Gasteiger partial charge is 1.00 e. The Morgan fingerprint density at radius 3 is 1.20 bits per heavy atom. The monoisotopic (exact) mass is 322 g/mol. The SMILES string of the molecule is CCCCCCCCCCCC[P+](CC)(CC)CC.[Cl-]. The van der Waals surface area contributed by atoms with Crippen molar-refractivity contribution < 1.29 is 12.4 Å². The minimum atomic E-state index is -0.513. The third-order valence-electron chi connectivity index (χ3n) is 5.00. The lowest BCUT2D eigenvalue weighted by molar-refractivity contribution is -0.00000443. The Bertz CT molecular complexity index is 170. The van der Waals surface area contributed by atoms with E-state index in [2.05, 4.69) is 27.7 Å². The second-order valence-corrected chi connectivity index (χ2v) is 11.2. The van der Waals surface area contributed by atoms with Crippen molar-refractivity contribution in [2.45, 2.75) is 91.9 Å². The van der Waals surface area contributed by atoms with Gasteiger partial charge in [0.05, 0.1) is 24.6 Å². The molecule has 0 N–H and O–H groups in total. The Labute approximate surface area is 136 Å². The molecular weight excluding hydrogens is 283 g/mol. The summed E-state index contributed by atoms with van der Waals surface area (Å²) in [7, 11) is -0.513. The van der Waals surface area contributed by atoms with Crippen LogP contribution in [-0.2, 0) is 0 Å². The summed E-state index contributed by atoms with van der Waals surface area (Å²) in [5.41, 5.74) is 0. The topological polar surface area (TPSA) is 0 Å². The number of halogens is 1. The predicted molar refractivity (Wildman–Crippen MR) is 95.3 cm³/mol. The molecule has 0 fully saturated rings. The molecule has 0 aliphatic rings. The van der Waals surface area contributed by atoms with Gasteiger partial charge in [-0.2, -0.15) is 0 Å². The molecule has 0 bridgehead atoms. The van der Waals surface area contributed by atoms with Crippen molar-refractivity contribution in [2.75, 3.05) is 24.6 Å². The van der Waals surface area contributed by atoms with Crippen LogP contribution in [0.15, 0.2) is 0 Å². The third-order valence-corrected chi connectivity index (χ3v) is 10.3. The molecule has 0 rings (SSSR count). The molecule has 20 heavy (non-hydrogen) atoms. The summed E-state index contributed by atoms with van der Waals surface area (Å²) in [5, 5.41) is 0. The zero-order valence-electron chi connectivity index (χ0n) is 14.7. The summed E-state index contributed by atoms with van der Waals surface area (Å²) in [6.45, 7) is 9.58. The van der Waals surface area contributed by atoms with E-state index in [1.807, 2.05) is 0 Å². The Morgan fingerprint density at radius 2 is 0.850 bits per heavy atom. The second-order valence-electron chi connectivity index (χ2n) is 6.20. The highest BCUT2D eigenvalue weighted by atomic mass is 35.5. The van der Waals surface area contributed by atoms with Gasteiger partial charge < -0.3 is 12.4 Å². The highest BCUT2D eigenvalue weighted by Crippen LogP contribution is 2.58. The maximum Gasteiger partial charge on any atom is 0.0594 e. The van der Waals surface area contributed by atoms with E-state index in [1.54, 1.807) is 6.16 Å². The van der Waals surface area contributed by atoms with Crippen LogP contribution < -0.4 is 12.4 Å². The Balaban J connectivity index is 0. The maximum absolute atomic E-state index is 2.43. The van der Waals surface area contributed by atoms with E-state index in [9.17, 15) is 0 Å². The zero-order valence-corrected chi connectivity index (χ0v) is 16.4. The van der Waals surface area contributed by atoms with Crippen LogP contribution in [-0.4, -0.2) is 24.6 Å². The van der Waals surface area contributed by atoms with Crippen LogP contribution in [0.2, 0.25) is 0 Å². The molecule has 0 aromatic carbocycles. The minimum absolute atomic E-state index is 0. The standard InChI is InChI=1S/C18H40P.ClH/c1-5-9-10-11-12-13-14-15-16-17-18-19(6-2,7-3)8-4;/h5-18H2,1-4H3;1H/q+1;/p-1. The van der Waals surface area contributed by atoms with Crippen LogP contribution in [0, 0.1) is 0 Å². The first-order chi connectivity index (χ1) is 9.24. The number of hydrogen-bond donors (Lipinski definition) is 0. The summed E-state index contributed by atoms with van der Waals surface area (Å²) in [4.78, 5) is 0. The lowest BCUT2D eigenvalue weighted by atomic mass is 10.1. The predicted octanol–water partition coefficient (Wildman–Crippen LogP) is 3.99. The summed E-state index contributed by atoms with van der Waals surface area (Å²) >= 11 is 0. The van der Waals surface area contributed by atoms with Gasteiger partial charge in [0.1, 0.15) is 0 Å². The molecule has 0 aromatic rings. The van der Waals surface area contributed by atoms with Gasteiger partial charge in [-0.3, -0.25) is 0 Å². The lowest BCUT2D eigenvalue weighted by Gasteiger charge is -2.23. The van der Waals surface area contributed by atoms with Crippen molar-refractivity contribution in [3.8, 4) is 0 Å². The Kier molecular flexibility index (Phi) is 18.5. The van der Waals surface area contributed by atoms with E-state index in [0.717, 1.165) is 0 Å². The average Bonchev–Trinajstić information content (AvgIpc) is 2.46. The van der Waals surface area contributed by atoms with Crippen molar-refractivity contribution >= 4 is 7.26 Å². The molecule has 0 aromatic heterocycles. The molecule has 0 unspecified atom stereocenters. The first-order valence-corrected chi connectivity index (χ1v) is 11.6. The molecule has 2 heteroatoms. The summed E-state index contributed by atoms with van der Waals surface area (Å²) < 4.78 is 0. The van der Waals surface area contributed by atoms with Gasteiger partial charge in [-0.1, -0.05) is 58.3 Å². The van der Waals surface area contributed by atoms with Crippen molar-refractivity contribution in [1.29, 1.82) is 0 Å². The van der Waals surface area contributed by atoms with Crippen LogP contribution in [0.1, 0.15) is 91.9 Å². The van der Waals surface area contributed by atoms with E-state index in [-0.39, 0.29) is 12.4 Å². The van der Waals surface area contributed by atoms with Crippen molar-refractivity contribution in [2.24, 2.45) is 0 Å². The number of unbranched alkanes of at least 4 members (excludes halogenated alkanes) is 9. The van der Waals surface area contributed by atoms with Gasteiger partial charge in [0.25, 0.3) is 0 Å². The first-order valence-electron chi connectivity index (χ1n) is 9.09. The Morgan fingerprint density at radius 1 is 0.500 bits per heavy atom. The van der Waals surface area contributed by atoms with Gasteiger partial charge in [-0.15, -0.1) is 0 Å². The van der Waals surface area contributed by atoms with Gasteiger partial charge >= 0.3 is 0 Å². The summed E-state index contributed by atoms with van der Waals surface area (Å²) in [5.74, 6) is 0. The van der Waals surface area contributed by atoms with E-state index < -0.39 is 7.26 Å². The molecular formula is C18H40ClP. The van der Waals surface area contributed by atoms with Gasteiger partial charge in [-0.05, 0) is 33.6 Å². The third kappa shape index (κ3) is 11.4. The van der Waals surface area contributed by atoms with Gasteiger partial charge in [0.2, 0.25) is 0 Å². The normalized spacial score (nSPS) is 11.4. The Hall–Kier alpha value is 0.720. The van der Waals surface area contributed by atoms with Gasteiger partial charge in [-0.25, -0.2) is 0 Å². The van der Waals surface area contributed by atoms with E-state index in [0.29, 0.717) is 0 Å². The fourth-order valence-electron chi connectivity index (χ4n) is 3.08. The van der Waals surface area contributed by atoms with Crippen LogP contribution in [0.4, 0.5) is 0 Å². The van der Waals surface area contributed by atoms with Gasteiger partial charge in [0, 0.05) is 7.26 Å². The molecule has 0 saturated carbocycles. The highest BCUT2D eigenvalue weighted by molar-refractivity contribution is 7.75. The van der Waals surface area contributed by atoms with E-state index in [1.165, 1.54) is 82.7 Å².